The van der Waals surface area contributed by atoms with E-state index < -0.39 is 12.0 Å². The van der Waals surface area contributed by atoms with Crippen molar-refractivity contribution in [3.63, 3.8) is 0 Å². The SMILES string of the molecule is CC(N)c1nc2ccccc2n1C(C)C(=O)O. The van der Waals surface area contributed by atoms with E-state index in [0.717, 1.165) is 11.0 Å². The number of para-hydroxylation sites is 2. The Morgan fingerprint density at radius 2 is 2.06 bits per heavy atom. The number of imidazole rings is 1. The number of benzene rings is 1. The second-order valence-electron chi connectivity index (χ2n) is 4.13. The standard InChI is InChI=1S/C12H15N3O2/c1-7(13)11-14-9-5-3-4-6-10(9)15(11)8(2)12(16)17/h3-8H,13H2,1-2H3,(H,16,17). The summed E-state index contributed by atoms with van der Waals surface area (Å²) in [6, 6.07) is 6.46. The fraction of sp³-hybridized carbons (Fsp3) is 0.333. The molecule has 2 aromatic rings. The van der Waals surface area contributed by atoms with Gasteiger partial charge in [-0.05, 0) is 26.0 Å². The first kappa shape index (κ1) is 11.6. The van der Waals surface area contributed by atoms with E-state index in [4.69, 9.17) is 10.8 Å². The maximum absolute atomic E-state index is 11.1. The molecule has 0 saturated heterocycles. The van der Waals surface area contributed by atoms with Crippen LogP contribution < -0.4 is 5.73 Å². The molecule has 2 atom stereocenters. The molecule has 0 spiro atoms. The number of hydrogen-bond donors (Lipinski definition) is 2. The molecule has 0 bridgehead atoms. The summed E-state index contributed by atoms with van der Waals surface area (Å²) in [6.07, 6.45) is 0. The first-order valence-corrected chi connectivity index (χ1v) is 5.47. The van der Waals surface area contributed by atoms with Crippen molar-refractivity contribution >= 4 is 17.0 Å². The van der Waals surface area contributed by atoms with Gasteiger partial charge in [-0.15, -0.1) is 0 Å². The fourth-order valence-corrected chi connectivity index (χ4v) is 1.90. The molecule has 0 amide bonds. The van der Waals surface area contributed by atoms with Gasteiger partial charge in [0, 0.05) is 0 Å². The Labute approximate surface area is 98.9 Å². The number of aromatic nitrogens is 2. The highest BCUT2D eigenvalue weighted by atomic mass is 16.4. The lowest BCUT2D eigenvalue weighted by molar-refractivity contribution is -0.140. The number of nitrogens with two attached hydrogens (primary N) is 1. The van der Waals surface area contributed by atoms with E-state index in [2.05, 4.69) is 4.98 Å². The van der Waals surface area contributed by atoms with Gasteiger partial charge in [0.15, 0.2) is 0 Å². The molecule has 0 aliphatic heterocycles. The maximum Gasteiger partial charge on any atom is 0.326 e. The van der Waals surface area contributed by atoms with Crippen LogP contribution in [0.5, 0.6) is 0 Å². The van der Waals surface area contributed by atoms with Crippen LogP contribution in [0.4, 0.5) is 0 Å². The maximum atomic E-state index is 11.1. The van der Waals surface area contributed by atoms with Crippen molar-refractivity contribution in [1.29, 1.82) is 0 Å². The summed E-state index contributed by atoms with van der Waals surface area (Å²) in [7, 11) is 0. The van der Waals surface area contributed by atoms with Gasteiger partial charge in [0.1, 0.15) is 11.9 Å². The van der Waals surface area contributed by atoms with Crippen molar-refractivity contribution in [3.8, 4) is 0 Å². The number of fused-ring (bicyclic) bond motifs is 1. The lowest BCUT2D eigenvalue weighted by Crippen LogP contribution is -2.21. The number of hydrogen-bond acceptors (Lipinski definition) is 3. The van der Waals surface area contributed by atoms with E-state index in [1.807, 2.05) is 24.3 Å². The molecule has 0 radical (unpaired) electrons. The summed E-state index contributed by atoms with van der Waals surface area (Å²) in [5.41, 5.74) is 7.41. The molecule has 3 N–H and O–H groups in total. The molecule has 5 nitrogen and oxygen atoms in total. The predicted octanol–water partition coefficient (Wildman–Crippen LogP) is 1.70. The first-order chi connectivity index (χ1) is 8.02. The summed E-state index contributed by atoms with van der Waals surface area (Å²) in [5, 5.41) is 9.13. The van der Waals surface area contributed by atoms with Crippen LogP contribution in [0.2, 0.25) is 0 Å². The fourth-order valence-electron chi connectivity index (χ4n) is 1.90. The van der Waals surface area contributed by atoms with Crippen LogP contribution in [-0.2, 0) is 4.79 Å². The summed E-state index contributed by atoms with van der Waals surface area (Å²) in [6.45, 7) is 3.43. The van der Waals surface area contributed by atoms with Crippen LogP contribution in [0.3, 0.4) is 0 Å². The monoisotopic (exact) mass is 233 g/mol. The van der Waals surface area contributed by atoms with E-state index in [1.165, 1.54) is 0 Å². The van der Waals surface area contributed by atoms with Gasteiger partial charge in [0.05, 0.1) is 17.1 Å². The Morgan fingerprint density at radius 3 is 2.65 bits per heavy atom. The minimum Gasteiger partial charge on any atom is -0.480 e. The molecule has 2 unspecified atom stereocenters. The highest BCUT2D eigenvalue weighted by Gasteiger charge is 2.22. The topological polar surface area (TPSA) is 81.1 Å². The van der Waals surface area contributed by atoms with Gasteiger partial charge < -0.3 is 15.4 Å². The van der Waals surface area contributed by atoms with E-state index in [-0.39, 0.29) is 6.04 Å². The number of nitrogens with zero attached hydrogens (tertiary/aromatic N) is 2. The van der Waals surface area contributed by atoms with Crippen LogP contribution in [0.15, 0.2) is 24.3 Å². The van der Waals surface area contributed by atoms with Crippen LogP contribution >= 0.6 is 0 Å². The van der Waals surface area contributed by atoms with Crippen LogP contribution in [0.25, 0.3) is 11.0 Å². The van der Waals surface area contributed by atoms with E-state index >= 15 is 0 Å². The summed E-state index contributed by atoms with van der Waals surface area (Å²) >= 11 is 0. The molecule has 17 heavy (non-hydrogen) atoms. The van der Waals surface area contributed by atoms with Crippen LogP contribution in [0.1, 0.15) is 31.8 Å². The van der Waals surface area contributed by atoms with Crippen LogP contribution in [0, 0.1) is 0 Å². The summed E-state index contributed by atoms with van der Waals surface area (Å²) in [5.74, 6) is -0.295. The van der Waals surface area contributed by atoms with E-state index in [9.17, 15) is 4.79 Å². The van der Waals surface area contributed by atoms with Gasteiger partial charge in [-0.2, -0.15) is 0 Å². The number of carboxylic acids is 1. The van der Waals surface area contributed by atoms with Gasteiger partial charge in [0.25, 0.3) is 0 Å². The molecule has 1 aromatic heterocycles. The van der Waals surface area contributed by atoms with Gasteiger partial charge in [-0.25, -0.2) is 9.78 Å². The number of carbonyl (C=O) groups is 1. The average Bonchev–Trinajstić information content (AvgIpc) is 2.67. The highest BCUT2D eigenvalue weighted by Crippen LogP contribution is 2.24. The Balaban J connectivity index is 2.72. The van der Waals surface area contributed by atoms with Crippen LogP contribution in [-0.4, -0.2) is 20.6 Å². The third-order valence-corrected chi connectivity index (χ3v) is 2.78. The van der Waals surface area contributed by atoms with Gasteiger partial charge in [0.2, 0.25) is 0 Å². The third kappa shape index (κ3) is 1.89. The molecule has 1 heterocycles. The molecule has 1 aromatic carbocycles. The number of aliphatic carboxylic acids is 1. The second-order valence-corrected chi connectivity index (χ2v) is 4.13. The molecule has 0 aliphatic rings. The van der Waals surface area contributed by atoms with Gasteiger partial charge in [-0.1, -0.05) is 12.1 Å². The normalized spacial score (nSPS) is 14.8. The summed E-state index contributed by atoms with van der Waals surface area (Å²) in [4.78, 5) is 15.5. The lowest BCUT2D eigenvalue weighted by atomic mass is 10.2. The number of carboxylic acid groups (broad SMARTS) is 1. The minimum atomic E-state index is -0.893. The molecular formula is C12H15N3O2. The predicted molar refractivity (Wildman–Crippen MR) is 64.7 cm³/mol. The smallest absolute Gasteiger partial charge is 0.326 e. The lowest BCUT2D eigenvalue weighted by Gasteiger charge is -2.15. The zero-order valence-electron chi connectivity index (χ0n) is 9.79. The van der Waals surface area contributed by atoms with E-state index in [1.54, 1.807) is 18.4 Å². The number of rotatable bonds is 3. The van der Waals surface area contributed by atoms with Crippen molar-refractivity contribution in [1.82, 2.24) is 9.55 Å². The van der Waals surface area contributed by atoms with Gasteiger partial charge in [-0.3, -0.25) is 0 Å². The van der Waals surface area contributed by atoms with Crippen molar-refractivity contribution in [2.24, 2.45) is 5.73 Å². The largest absolute Gasteiger partial charge is 0.480 e. The summed E-state index contributed by atoms with van der Waals surface area (Å²) < 4.78 is 1.68. The Bertz CT molecular complexity index is 560. The Hall–Kier alpha value is -1.88. The second kappa shape index (κ2) is 4.18. The average molecular weight is 233 g/mol. The van der Waals surface area contributed by atoms with Crippen molar-refractivity contribution in [2.75, 3.05) is 0 Å². The molecule has 90 valence electrons. The van der Waals surface area contributed by atoms with E-state index in [0.29, 0.717) is 5.82 Å². The molecule has 2 rings (SSSR count). The molecule has 0 saturated carbocycles. The minimum absolute atomic E-state index is 0.302. The molecule has 5 heteroatoms. The molecular weight excluding hydrogens is 218 g/mol. The van der Waals surface area contributed by atoms with Crippen molar-refractivity contribution in [3.05, 3.63) is 30.1 Å². The van der Waals surface area contributed by atoms with Crippen molar-refractivity contribution in [2.45, 2.75) is 25.9 Å². The quantitative estimate of drug-likeness (QED) is 0.845. The first-order valence-electron chi connectivity index (χ1n) is 5.47. The zero-order chi connectivity index (χ0) is 12.6. The zero-order valence-corrected chi connectivity index (χ0v) is 9.79. The molecule has 0 aliphatic carbocycles. The van der Waals surface area contributed by atoms with Crippen molar-refractivity contribution < 1.29 is 9.90 Å². The Kier molecular flexibility index (Phi) is 2.85. The Morgan fingerprint density at radius 1 is 1.41 bits per heavy atom. The molecule has 0 fully saturated rings. The van der Waals surface area contributed by atoms with Gasteiger partial charge >= 0.3 is 5.97 Å². The highest BCUT2D eigenvalue weighted by molar-refractivity contribution is 5.80. The third-order valence-electron chi connectivity index (χ3n) is 2.78.